The van der Waals surface area contributed by atoms with Crippen LogP contribution in [0, 0.1) is 5.92 Å². The Morgan fingerprint density at radius 2 is 2.13 bits per heavy atom. The Balaban J connectivity index is 2.21. The van der Waals surface area contributed by atoms with Crippen molar-refractivity contribution in [1.82, 2.24) is 10.9 Å². The lowest BCUT2D eigenvalue weighted by Gasteiger charge is -2.20. The van der Waals surface area contributed by atoms with Gasteiger partial charge in [0.25, 0.3) is 10.0 Å². The van der Waals surface area contributed by atoms with Crippen LogP contribution in [0.2, 0.25) is 0 Å². The zero-order valence-corrected chi connectivity index (χ0v) is 14.8. The maximum absolute atomic E-state index is 12.6. The van der Waals surface area contributed by atoms with Gasteiger partial charge in [-0.05, 0) is 38.3 Å². The second-order valence-electron chi connectivity index (χ2n) is 5.15. The third-order valence-corrected chi connectivity index (χ3v) is 5.87. The van der Waals surface area contributed by atoms with Crippen LogP contribution in [0.5, 0.6) is 0 Å². The minimum Gasteiger partial charge on any atom is -0.466 e. The molecule has 0 amide bonds. The van der Waals surface area contributed by atoms with E-state index < -0.39 is 27.3 Å². The highest BCUT2D eigenvalue weighted by Crippen LogP contribution is 2.25. The Labute approximate surface area is 140 Å². The van der Waals surface area contributed by atoms with Crippen molar-refractivity contribution in [3.05, 3.63) is 24.3 Å². The lowest BCUT2D eigenvalue weighted by molar-refractivity contribution is -0.148. The Kier molecular flexibility index (Phi) is 5.90. The summed E-state index contributed by atoms with van der Waals surface area (Å²) in [6.07, 6.45) is 1.91. The van der Waals surface area contributed by atoms with Gasteiger partial charge in [-0.15, -0.1) is 11.8 Å². The minimum absolute atomic E-state index is 0.206. The SMILES string of the molecule is CCOC(=O)C1C(C)NNC1S(=O)(=O)Nc1cccc(SC)c1. The predicted octanol–water partition coefficient (Wildman–Crippen LogP) is 1.15. The Morgan fingerprint density at radius 1 is 1.39 bits per heavy atom. The van der Waals surface area contributed by atoms with Gasteiger partial charge in [-0.25, -0.2) is 13.8 Å². The first-order valence-corrected chi connectivity index (χ1v) is 9.99. The van der Waals surface area contributed by atoms with Gasteiger partial charge in [0.2, 0.25) is 0 Å². The monoisotopic (exact) mass is 359 g/mol. The predicted molar refractivity (Wildman–Crippen MR) is 90.4 cm³/mol. The molecule has 2 rings (SSSR count). The van der Waals surface area contributed by atoms with Gasteiger partial charge in [0.05, 0.1) is 6.61 Å². The van der Waals surface area contributed by atoms with Gasteiger partial charge in [-0.1, -0.05) is 6.07 Å². The van der Waals surface area contributed by atoms with Crippen LogP contribution in [0.4, 0.5) is 5.69 Å². The van der Waals surface area contributed by atoms with E-state index in [-0.39, 0.29) is 12.6 Å². The van der Waals surface area contributed by atoms with Gasteiger partial charge in [0.15, 0.2) is 5.37 Å². The summed E-state index contributed by atoms with van der Waals surface area (Å²) >= 11 is 1.52. The van der Waals surface area contributed by atoms with Crippen LogP contribution in [-0.4, -0.2) is 38.7 Å². The van der Waals surface area contributed by atoms with Crippen molar-refractivity contribution >= 4 is 33.4 Å². The van der Waals surface area contributed by atoms with E-state index in [1.807, 2.05) is 12.3 Å². The number of esters is 1. The number of thioether (sulfide) groups is 1. The quantitative estimate of drug-likeness (QED) is 0.518. The molecule has 1 fully saturated rings. The average Bonchev–Trinajstić information content (AvgIpc) is 2.90. The van der Waals surface area contributed by atoms with E-state index in [2.05, 4.69) is 15.6 Å². The van der Waals surface area contributed by atoms with Gasteiger partial charge in [-0.3, -0.25) is 14.9 Å². The fraction of sp³-hybridized carbons (Fsp3) is 0.500. The molecular weight excluding hydrogens is 338 g/mol. The number of ether oxygens (including phenoxy) is 1. The molecule has 9 heteroatoms. The zero-order chi connectivity index (χ0) is 17.0. The summed E-state index contributed by atoms with van der Waals surface area (Å²) in [5, 5.41) is -1.10. The van der Waals surface area contributed by atoms with E-state index in [0.717, 1.165) is 4.90 Å². The molecule has 0 saturated carbocycles. The first kappa shape index (κ1) is 18.1. The number of carbonyl (C=O) groups is 1. The van der Waals surface area contributed by atoms with Crippen molar-refractivity contribution in [3.63, 3.8) is 0 Å². The molecule has 0 bridgehead atoms. The van der Waals surface area contributed by atoms with Crippen LogP contribution < -0.4 is 15.6 Å². The smallest absolute Gasteiger partial charge is 0.313 e. The molecule has 0 radical (unpaired) electrons. The Hall–Kier alpha value is -1.29. The minimum atomic E-state index is -3.82. The molecule has 128 valence electrons. The standard InChI is InChI=1S/C14H21N3O4S2/c1-4-21-14(18)12-9(2)15-16-13(12)23(19,20)17-10-6-5-7-11(8-10)22-3/h5-9,12-13,15-17H,4H2,1-3H3. The van der Waals surface area contributed by atoms with Crippen LogP contribution in [-0.2, 0) is 19.6 Å². The molecule has 1 saturated heterocycles. The number of nitrogens with one attached hydrogen (secondary N) is 3. The lowest BCUT2D eigenvalue weighted by atomic mass is 10.0. The number of hydrogen-bond donors (Lipinski definition) is 3. The summed E-state index contributed by atoms with van der Waals surface area (Å²) in [6, 6.07) is 6.72. The number of carbonyl (C=O) groups excluding carboxylic acids is 1. The molecule has 0 aromatic heterocycles. The molecule has 0 aliphatic carbocycles. The fourth-order valence-corrected chi connectivity index (χ4v) is 4.40. The number of anilines is 1. The third-order valence-electron chi connectivity index (χ3n) is 3.54. The molecule has 0 spiro atoms. The topological polar surface area (TPSA) is 96.5 Å². The van der Waals surface area contributed by atoms with Gasteiger partial charge in [0.1, 0.15) is 5.92 Å². The Morgan fingerprint density at radius 3 is 2.78 bits per heavy atom. The van der Waals surface area contributed by atoms with Gasteiger partial charge < -0.3 is 4.74 Å². The van der Waals surface area contributed by atoms with E-state index in [1.54, 1.807) is 32.0 Å². The first-order chi connectivity index (χ1) is 10.9. The number of sulfonamides is 1. The van der Waals surface area contributed by atoms with E-state index in [1.165, 1.54) is 11.8 Å². The van der Waals surface area contributed by atoms with Crippen LogP contribution in [0.1, 0.15) is 13.8 Å². The summed E-state index contributed by atoms with van der Waals surface area (Å²) in [6.45, 7) is 3.63. The number of hydrazine groups is 1. The molecule has 23 heavy (non-hydrogen) atoms. The molecule has 1 aromatic rings. The molecule has 1 heterocycles. The molecular formula is C14H21N3O4S2. The van der Waals surface area contributed by atoms with Crippen LogP contribution >= 0.6 is 11.8 Å². The summed E-state index contributed by atoms with van der Waals surface area (Å²) in [4.78, 5) is 13.0. The molecule has 7 nitrogen and oxygen atoms in total. The molecule has 3 unspecified atom stereocenters. The van der Waals surface area contributed by atoms with Crippen molar-refractivity contribution in [2.45, 2.75) is 30.2 Å². The maximum atomic E-state index is 12.6. The van der Waals surface area contributed by atoms with Crippen molar-refractivity contribution in [1.29, 1.82) is 0 Å². The van der Waals surface area contributed by atoms with E-state index in [9.17, 15) is 13.2 Å². The van der Waals surface area contributed by atoms with Crippen LogP contribution in [0.25, 0.3) is 0 Å². The average molecular weight is 359 g/mol. The molecule has 1 aromatic carbocycles. The van der Waals surface area contributed by atoms with Gasteiger partial charge in [-0.2, -0.15) is 0 Å². The molecule has 3 N–H and O–H groups in total. The summed E-state index contributed by atoms with van der Waals surface area (Å²) in [5.41, 5.74) is 5.94. The highest BCUT2D eigenvalue weighted by atomic mass is 32.2. The van der Waals surface area contributed by atoms with Crippen molar-refractivity contribution in [2.75, 3.05) is 17.6 Å². The Bertz CT molecular complexity index is 666. The van der Waals surface area contributed by atoms with Crippen LogP contribution in [0.3, 0.4) is 0 Å². The van der Waals surface area contributed by atoms with Gasteiger partial charge >= 0.3 is 5.97 Å². The fourth-order valence-electron chi connectivity index (χ4n) is 2.41. The molecule has 1 aliphatic heterocycles. The maximum Gasteiger partial charge on any atom is 0.313 e. The number of hydrogen-bond acceptors (Lipinski definition) is 7. The van der Waals surface area contributed by atoms with E-state index in [0.29, 0.717) is 5.69 Å². The van der Waals surface area contributed by atoms with E-state index >= 15 is 0 Å². The summed E-state index contributed by atoms with van der Waals surface area (Å²) < 4.78 is 32.8. The summed E-state index contributed by atoms with van der Waals surface area (Å²) in [7, 11) is -3.82. The highest BCUT2D eigenvalue weighted by Gasteiger charge is 2.46. The van der Waals surface area contributed by atoms with Gasteiger partial charge in [0, 0.05) is 16.6 Å². The highest BCUT2D eigenvalue weighted by molar-refractivity contribution is 7.98. The third kappa shape index (κ3) is 4.17. The number of benzene rings is 1. The summed E-state index contributed by atoms with van der Waals surface area (Å²) in [5.74, 6) is -1.36. The van der Waals surface area contributed by atoms with Crippen molar-refractivity contribution < 1.29 is 17.9 Å². The largest absolute Gasteiger partial charge is 0.466 e. The number of rotatable bonds is 6. The lowest BCUT2D eigenvalue weighted by Crippen LogP contribution is -2.44. The first-order valence-electron chi connectivity index (χ1n) is 7.22. The van der Waals surface area contributed by atoms with Crippen molar-refractivity contribution in [2.24, 2.45) is 5.92 Å². The zero-order valence-electron chi connectivity index (χ0n) is 13.2. The normalized spacial score (nSPS) is 24.4. The second-order valence-corrected chi connectivity index (χ2v) is 7.84. The van der Waals surface area contributed by atoms with Crippen molar-refractivity contribution in [3.8, 4) is 0 Å². The molecule has 1 aliphatic rings. The molecule has 3 atom stereocenters. The second kappa shape index (κ2) is 7.52. The van der Waals surface area contributed by atoms with E-state index in [4.69, 9.17) is 4.74 Å². The van der Waals surface area contributed by atoms with Crippen LogP contribution in [0.15, 0.2) is 29.2 Å².